The summed E-state index contributed by atoms with van der Waals surface area (Å²) < 4.78 is 286. The monoisotopic (exact) mass is 1890 g/mol. The van der Waals surface area contributed by atoms with Crippen LogP contribution in [-0.2, 0) is 179 Å². The second-order valence-corrected chi connectivity index (χ2v) is 36.7. The molecule has 45 nitrogen and oxygen atoms in total. The Bertz CT molecular complexity index is 4770. The maximum Gasteiger partial charge on any atom is 0.397 e. The fraction of sp³-hybridized carbons (Fsp3) is 0.696. The van der Waals surface area contributed by atoms with Crippen molar-refractivity contribution in [3.05, 3.63) is 175 Å². The second-order valence-electron chi connectivity index (χ2n) is 32.4. The number of methoxy groups -OCH3 is 1. The van der Waals surface area contributed by atoms with E-state index in [9.17, 15) is 68.5 Å². The van der Waals surface area contributed by atoms with Crippen LogP contribution < -0.4 is 0 Å². The molecule has 49 heteroatoms. The van der Waals surface area contributed by atoms with E-state index in [0.717, 1.165) is 11.1 Å². The highest BCUT2D eigenvalue weighted by Gasteiger charge is 2.55. The van der Waals surface area contributed by atoms with Crippen molar-refractivity contribution in [1.29, 1.82) is 0 Å². The smallest absolute Gasteiger partial charge is 0.373 e. The Morgan fingerprint density at radius 3 is 0.852 bits per heavy atom. The van der Waals surface area contributed by atoms with Gasteiger partial charge in [0.25, 0.3) is 0 Å². The summed E-state index contributed by atoms with van der Waals surface area (Å²) in [4.78, 5) is 9.39. The summed E-state index contributed by atoms with van der Waals surface area (Å²) in [5.74, 6) is -3.64. The van der Waals surface area contributed by atoms with Crippen molar-refractivity contribution in [3.63, 3.8) is 0 Å². The zero-order valence-electron chi connectivity index (χ0n) is 70.8. The molecule has 0 spiro atoms. The van der Waals surface area contributed by atoms with Gasteiger partial charge in [0.05, 0.1) is 146 Å². The molecule has 32 atom stereocenters. The van der Waals surface area contributed by atoms with E-state index < -0.39 is 246 Å². The molecule has 4 aromatic carbocycles. The van der Waals surface area contributed by atoms with Crippen molar-refractivity contribution in [1.82, 2.24) is 0 Å². The molecule has 128 heavy (non-hydrogen) atoms. The van der Waals surface area contributed by atoms with Crippen LogP contribution in [0.4, 0.5) is 0 Å². The first-order chi connectivity index (χ1) is 61.2. The van der Waals surface area contributed by atoms with Gasteiger partial charge in [0.2, 0.25) is 0 Å². The molecule has 8 aliphatic rings. The van der Waals surface area contributed by atoms with Gasteiger partial charge in [-0.15, -0.1) is 0 Å². The van der Waals surface area contributed by atoms with Crippen LogP contribution in [0.3, 0.4) is 0 Å². The van der Waals surface area contributed by atoms with Crippen LogP contribution in [-0.4, -0.2) is 272 Å². The summed E-state index contributed by atoms with van der Waals surface area (Å²) in [7, 11) is -19.0. The third-order valence-corrected chi connectivity index (χ3v) is 25.4. The largest absolute Gasteiger partial charge is 0.397 e. The number of hydrogen-bond donors (Lipinski definition) is 4. The molecule has 8 aliphatic heterocycles. The van der Waals surface area contributed by atoms with Crippen molar-refractivity contribution in [2.45, 2.75) is 254 Å². The summed E-state index contributed by atoms with van der Waals surface area (Å²) >= 11 is 0. The molecule has 0 bridgehead atoms. The standard InChI is InChI=1S/C79H109N9O36S4/c1-44-32-106-65(28-54(44)102-33-50-20-12-8-13-21-50)122-73-47(4)69(83-86-80)77(118-62(73)41-111-126(92,93)94)115-59-38-108-67(30-56(59)104-35-52-24-16-10-17-25-52)124-75-49(6)71(85-88-82)79(120-64(75)43-113-128(98,99)100)116-60-39-109-68(31-57(60)105-36-53-26-18-11-19-27-53)123-74-48(5)70(84-87-81)78(119-63(74)42-112-127(95,96)97)114-58-37-107-66(29-55(58)103-34-51-22-14-9-15-23-51)121-72-45(2)46(3)76(101-7)117-61(72)40-110-125(89,90)91/h8-27,44-49,54-79H,28-43H2,1-7H3,(H,89,90,91)(H,92,93,94)(H,95,96,97)(H,98,99,100)/t44-,45-,46?,47-,48-,49-,54+,55+,56+,57+,58+,59-,60-,61?,62?,63?,64?,65+,66+,67+,68+,69?,70?,71?,72+,73+,74+,75+,76+,77-,78-,79-/m1/s1. The SMILES string of the molecule is CO[C@H]1OC(COS(=O)(=O)O)[C@@H](O[C@H]2C[C@H](OCc3ccccc3)[C@@H](O[C@@H]3OC(COS(=O)(=O)O)[C@@H](O[C@H]4C[C@H](OCc5ccccc5)[C@H](O[C@@H]5OC(COS(=O)(=O)O)[C@@H](O[C@H]6C[C@H](OCc7ccccc7)[C@H](O[C@@H]7OC(COS(=O)(=O)O)[C@@H](O[C@H]8C[C@H](OCc9ccccc9)[C@H](C)CO8)[C@H](C)C7N=[N+]=[N-])CO6)[C@H](C)C5N=[N+]=[N-])CO4)[C@H](C)C3N=[N+]=[N-])CO2)[C@H](C)C1C. The Balaban J connectivity index is 0.752. The summed E-state index contributed by atoms with van der Waals surface area (Å²) in [6.45, 7) is 6.53. The van der Waals surface area contributed by atoms with E-state index in [2.05, 4.69) is 30.1 Å². The zero-order chi connectivity index (χ0) is 91.5. The van der Waals surface area contributed by atoms with Crippen molar-refractivity contribution in [2.24, 2.45) is 50.9 Å². The lowest BCUT2D eigenvalue weighted by atomic mass is 9.84. The highest BCUT2D eigenvalue weighted by molar-refractivity contribution is 7.81. The molecule has 4 N–H and O–H groups in total. The average Bonchev–Trinajstić information content (AvgIpc) is 0.821. The van der Waals surface area contributed by atoms with Gasteiger partial charge in [0.1, 0.15) is 42.7 Å². The number of rotatable bonds is 42. The van der Waals surface area contributed by atoms with Crippen LogP contribution in [0.1, 0.15) is 89.5 Å². The van der Waals surface area contributed by atoms with Crippen molar-refractivity contribution >= 4 is 41.6 Å². The van der Waals surface area contributed by atoms with Gasteiger partial charge in [0.15, 0.2) is 50.3 Å². The maximum atomic E-state index is 12.5. The van der Waals surface area contributed by atoms with Crippen LogP contribution in [0, 0.1) is 35.5 Å². The minimum Gasteiger partial charge on any atom is -0.373 e. The Morgan fingerprint density at radius 2 is 0.586 bits per heavy atom. The highest BCUT2D eigenvalue weighted by Crippen LogP contribution is 2.43. The molecule has 12 rings (SSSR count). The normalized spacial score (nSPS) is 36.3. The Morgan fingerprint density at radius 1 is 0.336 bits per heavy atom. The third kappa shape index (κ3) is 29.0. The van der Waals surface area contributed by atoms with Crippen molar-refractivity contribution < 1.29 is 163 Å². The zero-order valence-corrected chi connectivity index (χ0v) is 74.1. The first-order valence-corrected chi connectivity index (χ1v) is 47.1. The Labute approximate surface area is 740 Å². The van der Waals surface area contributed by atoms with Crippen molar-refractivity contribution in [3.8, 4) is 0 Å². The summed E-state index contributed by atoms with van der Waals surface area (Å²) in [6.07, 6.45) is -27.4. The topological polar surface area (TPSA) is 585 Å². The van der Waals surface area contributed by atoms with Gasteiger partial charge in [-0.05, 0) is 62.5 Å². The molecule has 710 valence electrons. The Kier molecular flexibility index (Phi) is 36.8. The molecular formula is C79H109N9O36S4. The fourth-order valence-corrected chi connectivity index (χ4v) is 17.9. The van der Waals surface area contributed by atoms with Gasteiger partial charge in [-0.2, -0.15) is 33.7 Å². The van der Waals surface area contributed by atoms with Crippen LogP contribution in [0.25, 0.3) is 31.3 Å². The van der Waals surface area contributed by atoms with Gasteiger partial charge >= 0.3 is 41.6 Å². The lowest BCUT2D eigenvalue weighted by molar-refractivity contribution is -0.347. The van der Waals surface area contributed by atoms with E-state index in [0.29, 0.717) is 17.7 Å². The molecule has 0 saturated carbocycles. The van der Waals surface area contributed by atoms with Crippen LogP contribution >= 0.6 is 0 Å². The highest BCUT2D eigenvalue weighted by atomic mass is 32.3. The predicted octanol–water partition coefficient (Wildman–Crippen LogP) is 8.69. The molecular weight excluding hydrogens is 1780 g/mol. The third-order valence-electron chi connectivity index (χ3n) is 23.6. The van der Waals surface area contributed by atoms with Gasteiger partial charge in [-0.3, -0.25) is 18.2 Å². The van der Waals surface area contributed by atoms with Crippen LogP contribution in [0.5, 0.6) is 0 Å². The van der Waals surface area contributed by atoms with Gasteiger partial charge in [-0.1, -0.05) is 178 Å². The fourth-order valence-electron chi connectivity index (χ4n) is 16.7. The second kappa shape index (κ2) is 46.9. The maximum absolute atomic E-state index is 12.5. The molecule has 0 amide bonds. The van der Waals surface area contributed by atoms with Crippen LogP contribution in [0.2, 0.25) is 0 Å². The lowest BCUT2D eigenvalue weighted by Gasteiger charge is -2.49. The van der Waals surface area contributed by atoms with Gasteiger partial charge in [0, 0.05) is 59.4 Å². The molecule has 0 aromatic heterocycles. The lowest BCUT2D eigenvalue weighted by Crippen LogP contribution is -2.61. The molecule has 8 fully saturated rings. The van der Waals surface area contributed by atoms with E-state index in [-0.39, 0.29) is 89.2 Å². The van der Waals surface area contributed by atoms with E-state index >= 15 is 0 Å². The van der Waals surface area contributed by atoms with Gasteiger partial charge < -0.3 is 94.7 Å². The van der Waals surface area contributed by atoms with E-state index in [1.807, 2.05) is 81.4 Å². The summed E-state index contributed by atoms with van der Waals surface area (Å²) in [5.41, 5.74) is 33.8. The van der Waals surface area contributed by atoms with E-state index in [1.165, 1.54) is 7.11 Å². The number of nitrogens with zero attached hydrogens (tertiary/aromatic N) is 9. The first kappa shape index (κ1) is 100. The number of hydrogen-bond acceptors (Lipinski definition) is 35. The molecule has 0 radical (unpaired) electrons. The molecule has 8 heterocycles. The van der Waals surface area contributed by atoms with E-state index in [1.54, 1.807) is 81.4 Å². The van der Waals surface area contributed by atoms with Gasteiger partial charge in [-0.25, -0.2) is 16.7 Å². The average molecular weight is 1890 g/mol. The molecule has 8 saturated heterocycles. The predicted molar refractivity (Wildman–Crippen MR) is 437 cm³/mol. The molecule has 4 aromatic rings. The quantitative estimate of drug-likeness (QED) is 0.0139. The minimum absolute atomic E-state index is 0.0280. The van der Waals surface area contributed by atoms with Crippen LogP contribution in [0.15, 0.2) is 137 Å². The molecule has 8 unspecified atom stereocenters. The van der Waals surface area contributed by atoms with Crippen molar-refractivity contribution in [2.75, 3.05) is 60.0 Å². The molecule has 0 aliphatic carbocycles. The number of ether oxygens (including phenoxy) is 20. The number of azide groups is 3. The summed E-state index contributed by atoms with van der Waals surface area (Å²) in [5, 5.41) is 12.3. The Hall–Kier alpha value is -6.51. The summed E-state index contributed by atoms with van der Waals surface area (Å²) in [6, 6.07) is 32.7. The minimum atomic E-state index is -5.23. The van der Waals surface area contributed by atoms with E-state index in [4.69, 9.17) is 111 Å². The number of benzene rings is 4. The first-order valence-electron chi connectivity index (χ1n) is 41.6.